The Morgan fingerprint density at radius 3 is 2.50 bits per heavy atom. The van der Waals surface area contributed by atoms with Gasteiger partial charge in [0.05, 0.1) is 0 Å². The molecule has 0 aromatic rings. The Morgan fingerprint density at radius 2 is 2.12 bits per heavy atom. The molecule has 0 rings (SSSR count). The van der Waals surface area contributed by atoms with Gasteiger partial charge in [0.1, 0.15) is 4.84 Å². The van der Waals surface area contributed by atoms with Gasteiger partial charge in [-0.2, -0.15) is 0 Å². The zero-order valence-electron chi connectivity index (χ0n) is 4.90. The van der Waals surface area contributed by atoms with Gasteiger partial charge in [0.15, 0.2) is 0 Å². The molecule has 48 valence electrons. The lowest BCUT2D eigenvalue weighted by molar-refractivity contribution is 0.926. The quantitative estimate of drug-likeness (QED) is 0.443. The zero-order chi connectivity index (χ0) is 6.41. The summed E-state index contributed by atoms with van der Waals surface area (Å²) in [6.45, 7) is 0. The maximum absolute atomic E-state index is 5.46. The molecule has 0 aromatic heterocycles. The van der Waals surface area contributed by atoms with Crippen LogP contribution in [-0.4, -0.2) is 15.1 Å². The van der Waals surface area contributed by atoms with Gasteiger partial charge in [-0.25, -0.2) is 0 Å². The summed E-state index contributed by atoms with van der Waals surface area (Å²) in [7, 11) is 1.13. The van der Waals surface area contributed by atoms with Crippen molar-refractivity contribution in [1.29, 1.82) is 0 Å². The average molecular weight is 169 g/mol. The van der Waals surface area contributed by atoms with Crippen LogP contribution in [0.2, 0.25) is 0 Å². The van der Waals surface area contributed by atoms with Crippen LogP contribution in [0, 0.1) is 0 Å². The van der Waals surface area contributed by atoms with Crippen LogP contribution < -0.4 is 0 Å². The molecule has 3 heteroatoms. The minimum absolute atomic E-state index is 0.187. The third kappa shape index (κ3) is 6.54. The summed E-state index contributed by atoms with van der Waals surface area (Å²) in [6.07, 6.45) is 4.01. The van der Waals surface area contributed by atoms with Gasteiger partial charge in [0.25, 0.3) is 0 Å². The lowest BCUT2D eigenvalue weighted by atomic mass is 10.3. The van der Waals surface area contributed by atoms with E-state index < -0.39 is 0 Å². The number of halogens is 2. The van der Waals surface area contributed by atoms with Crippen molar-refractivity contribution in [2.75, 3.05) is 0 Å². The highest BCUT2D eigenvalue weighted by Gasteiger charge is 1.93. The van der Waals surface area contributed by atoms with Crippen LogP contribution in [0.1, 0.15) is 12.8 Å². The first-order chi connectivity index (χ1) is 3.77. The van der Waals surface area contributed by atoms with E-state index in [2.05, 4.69) is 11.8 Å². The van der Waals surface area contributed by atoms with Crippen LogP contribution in [0.4, 0.5) is 0 Å². The minimum atomic E-state index is -0.187. The van der Waals surface area contributed by atoms with Crippen LogP contribution in [-0.2, 0) is 0 Å². The Bertz CT molecular complexity index is 70.8. The van der Waals surface area contributed by atoms with Crippen molar-refractivity contribution in [3.8, 4) is 0 Å². The topological polar surface area (TPSA) is 0 Å². The smallest absolute Gasteiger partial charge is 0.108 e. The lowest BCUT2D eigenvalue weighted by Crippen LogP contribution is -1.82. The van der Waals surface area contributed by atoms with E-state index in [1.807, 2.05) is 0 Å². The normalized spacial score (nSPS) is 11.9. The molecule has 0 amide bonds. The van der Waals surface area contributed by atoms with Gasteiger partial charge in [-0.3, -0.25) is 0 Å². The fourth-order valence-electron chi connectivity index (χ4n) is 0.389. The van der Waals surface area contributed by atoms with E-state index in [4.69, 9.17) is 23.2 Å². The summed E-state index contributed by atoms with van der Waals surface area (Å²) in [6, 6.07) is 0. The van der Waals surface area contributed by atoms with Gasteiger partial charge in [0, 0.05) is 10.2 Å². The molecule has 0 N–H and O–H groups in total. The fourth-order valence-corrected chi connectivity index (χ4v) is 0.974. The lowest BCUT2D eigenvalue weighted by Gasteiger charge is -1.92. The summed E-state index contributed by atoms with van der Waals surface area (Å²) < 4.78 is 0. The van der Waals surface area contributed by atoms with Gasteiger partial charge in [0.2, 0.25) is 0 Å². The molecule has 0 aliphatic carbocycles. The van der Waals surface area contributed by atoms with Gasteiger partial charge >= 0.3 is 0 Å². The van der Waals surface area contributed by atoms with E-state index in [9.17, 15) is 0 Å². The number of allylic oxidation sites excluding steroid dienone is 1. The number of hydrogen-bond donors (Lipinski definition) is 0. The number of alkyl halides is 2. The molecule has 0 aliphatic heterocycles. The molecule has 0 radical (unpaired) electrons. The third-order valence-electron chi connectivity index (χ3n) is 0.787. The van der Waals surface area contributed by atoms with Gasteiger partial charge in [-0.1, -0.05) is 6.08 Å². The maximum Gasteiger partial charge on any atom is 0.108 e. The standard InChI is InChI=1S/C5H10Cl2Si/c6-5(7)3-1-2-4-8/h2,4-5H,1,3H2,8H3. The summed E-state index contributed by atoms with van der Waals surface area (Å²) in [4.78, 5) is -0.187. The number of hydrogen-bond acceptors (Lipinski definition) is 0. The molecule has 8 heavy (non-hydrogen) atoms. The Morgan fingerprint density at radius 1 is 1.50 bits per heavy atom. The van der Waals surface area contributed by atoms with Crippen molar-refractivity contribution in [2.24, 2.45) is 0 Å². The predicted molar refractivity (Wildman–Crippen MR) is 43.8 cm³/mol. The average Bonchev–Trinajstić information content (AvgIpc) is 1.66. The van der Waals surface area contributed by atoms with Crippen molar-refractivity contribution in [3.63, 3.8) is 0 Å². The van der Waals surface area contributed by atoms with Crippen molar-refractivity contribution < 1.29 is 0 Å². The van der Waals surface area contributed by atoms with Gasteiger partial charge in [-0.05, 0) is 12.8 Å². The highest BCUT2D eigenvalue weighted by Crippen LogP contribution is 2.09. The first kappa shape index (κ1) is 8.54. The second kappa shape index (κ2) is 5.67. The van der Waals surface area contributed by atoms with Crippen molar-refractivity contribution in [3.05, 3.63) is 11.8 Å². The minimum Gasteiger partial charge on any atom is -0.109 e. The predicted octanol–water partition coefficient (Wildman–Crippen LogP) is 1.45. The molecular weight excluding hydrogens is 159 g/mol. The summed E-state index contributed by atoms with van der Waals surface area (Å²) >= 11 is 10.9. The van der Waals surface area contributed by atoms with Crippen LogP contribution in [0.5, 0.6) is 0 Å². The summed E-state index contributed by atoms with van der Waals surface area (Å²) in [5, 5.41) is 0. The monoisotopic (exact) mass is 168 g/mol. The van der Waals surface area contributed by atoms with Crippen molar-refractivity contribution in [2.45, 2.75) is 17.7 Å². The van der Waals surface area contributed by atoms with E-state index in [1.54, 1.807) is 0 Å². The van der Waals surface area contributed by atoms with E-state index in [1.165, 1.54) is 0 Å². The van der Waals surface area contributed by atoms with Crippen molar-refractivity contribution in [1.82, 2.24) is 0 Å². The molecule has 0 saturated carbocycles. The molecule has 0 spiro atoms. The van der Waals surface area contributed by atoms with E-state index >= 15 is 0 Å². The SMILES string of the molecule is [SiH3]C=CCCC(Cl)Cl. The molecule has 0 nitrogen and oxygen atoms in total. The Labute approximate surface area is 63.3 Å². The molecule has 0 fully saturated rings. The Balaban J connectivity index is 2.93. The summed E-state index contributed by atoms with van der Waals surface area (Å²) in [5.41, 5.74) is 2.14. The second-order valence-corrected chi connectivity index (χ2v) is 3.48. The summed E-state index contributed by atoms with van der Waals surface area (Å²) in [5.74, 6) is 0. The molecule has 0 aromatic carbocycles. The molecule has 0 bridgehead atoms. The molecule has 0 saturated heterocycles. The zero-order valence-corrected chi connectivity index (χ0v) is 8.41. The van der Waals surface area contributed by atoms with Crippen LogP contribution in [0.15, 0.2) is 11.8 Å². The van der Waals surface area contributed by atoms with E-state index in [-0.39, 0.29) is 4.84 Å². The van der Waals surface area contributed by atoms with Gasteiger partial charge in [-0.15, -0.1) is 28.9 Å². The van der Waals surface area contributed by atoms with Gasteiger partial charge < -0.3 is 0 Å². The van der Waals surface area contributed by atoms with Crippen molar-refractivity contribution >= 4 is 33.4 Å². The van der Waals surface area contributed by atoms with E-state index in [0.29, 0.717) is 0 Å². The molecule has 0 unspecified atom stereocenters. The molecule has 0 aliphatic rings. The molecular formula is C5H10Cl2Si. The largest absolute Gasteiger partial charge is 0.109 e. The first-order valence-electron chi connectivity index (χ1n) is 2.66. The second-order valence-electron chi connectivity index (χ2n) is 1.54. The maximum atomic E-state index is 5.46. The van der Waals surface area contributed by atoms with Crippen LogP contribution >= 0.6 is 23.2 Å². The number of rotatable bonds is 3. The van der Waals surface area contributed by atoms with Crippen LogP contribution in [0.25, 0.3) is 0 Å². The highest BCUT2D eigenvalue weighted by atomic mass is 35.5. The Kier molecular flexibility index (Phi) is 6.05. The first-order valence-corrected chi connectivity index (χ1v) is 4.69. The van der Waals surface area contributed by atoms with E-state index in [0.717, 1.165) is 23.1 Å². The third-order valence-corrected chi connectivity index (χ3v) is 1.70. The molecule has 0 heterocycles. The Hall–Kier alpha value is 0.537. The molecule has 0 atom stereocenters. The van der Waals surface area contributed by atoms with Crippen LogP contribution in [0.3, 0.4) is 0 Å². The fraction of sp³-hybridized carbons (Fsp3) is 0.600. The highest BCUT2D eigenvalue weighted by molar-refractivity contribution is 6.44.